The van der Waals surface area contributed by atoms with Gasteiger partial charge in [-0.2, -0.15) is 5.10 Å². The monoisotopic (exact) mass is 527 g/mol. The summed E-state index contributed by atoms with van der Waals surface area (Å²) in [6.07, 6.45) is 7.49. The summed E-state index contributed by atoms with van der Waals surface area (Å²) in [5.74, 6) is 1.39. The number of anilines is 2. The van der Waals surface area contributed by atoms with Crippen LogP contribution >= 0.6 is 0 Å². The van der Waals surface area contributed by atoms with E-state index in [-0.39, 0.29) is 11.5 Å². The van der Waals surface area contributed by atoms with Crippen molar-refractivity contribution in [3.05, 3.63) is 66.6 Å². The second kappa shape index (κ2) is 9.66. The minimum Gasteiger partial charge on any atom is -0.495 e. The number of carbonyl (C=O) groups is 1. The van der Waals surface area contributed by atoms with Crippen molar-refractivity contribution >= 4 is 28.7 Å². The Hall–Kier alpha value is -3.95. The molecule has 2 atom stereocenters. The Balaban J connectivity index is 1.25. The summed E-state index contributed by atoms with van der Waals surface area (Å²) < 4.78 is 13.2. The number of pyridine rings is 1. The van der Waals surface area contributed by atoms with Crippen molar-refractivity contribution in [3.8, 4) is 16.9 Å². The molecule has 2 fully saturated rings. The summed E-state index contributed by atoms with van der Waals surface area (Å²) >= 11 is 0. The van der Waals surface area contributed by atoms with E-state index in [9.17, 15) is 9.90 Å². The molecule has 0 saturated carbocycles. The van der Waals surface area contributed by atoms with Crippen LogP contribution in [-0.4, -0.2) is 63.7 Å². The number of aliphatic hydroxyl groups is 1. The van der Waals surface area contributed by atoms with E-state index in [0.29, 0.717) is 24.7 Å². The number of hydrogen-bond donors (Lipinski definition) is 2. The van der Waals surface area contributed by atoms with E-state index in [4.69, 9.17) is 9.47 Å². The van der Waals surface area contributed by atoms with Gasteiger partial charge < -0.3 is 24.8 Å². The molecule has 1 amide bonds. The topological polar surface area (TPSA) is 102 Å². The van der Waals surface area contributed by atoms with Gasteiger partial charge in [0.1, 0.15) is 11.6 Å². The number of aromatic nitrogens is 3. The number of benzene rings is 2. The van der Waals surface area contributed by atoms with E-state index in [1.54, 1.807) is 25.6 Å². The number of hydrogen-bond acceptors (Lipinski definition) is 7. The van der Waals surface area contributed by atoms with Crippen LogP contribution in [0.2, 0.25) is 0 Å². The zero-order valence-corrected chi connectivity index (χ0v) is 22.4. The van der Waals surface area contributed by atoms with Crippen LogP contribution in [0.25, 0.3) is 21.9 Å². The molecule has 2 aliphatic heterocycles. The number of nitrogens with zero attached hydrogens (tertiary/aromatic N) is 4. The van der Waals surface area contributed by atoms with Crippen LogP contribution in [0.1, 0.15) is 31.9 Å². The fourth-order valence-electron chi connectivity index (χ4n) is 5.89. The van der Waals surface area contributed by atoms with Gasteiger partial charge in [-0.25, -0.2) is 4.98 Å². The normalized spacial score (nSPS) is 20.8. The molecule has 202 valence electrons. The molecule has 2 aromatic heterocycles. The summed E-state index contributed by atoms with van der Waals surface area (Å²) in [4.78, 5) is 18.1. The minimum absolute atomic E-state index is 0.00882. The lowest BCUT2D eigenvalue weighted by Crippen LogP contribution is -2.58. The fraction of sp³-hybridized carbons (Fsp3) is 0.367. The van der Waals surface area contributed by atoms with Gasteiger partial charge in [-0.05, 0) is 61.0 Å². The zero-order chi connectivity index (χ0) is 27.2. The Morgan fingerprint density at radius 3 is 2.79 bits per heavy atom. The van der Waals surface area contributed by atoms with Gasteiger partial charge in [0.2, 0.25) is 6.41 Å². The van der Waals surface area contributed by atoms with Gasteiger partial charge in [0.05, 0.1) is 43.8 Å². The number of methoxy groups -OCH3 is 1. The maximum absolute atomic E-state index is 11.7. The smallest absolute Gasteiger partial charge is 0.210 e. The maximum atomic E-state index is 11.7. The van der Waals surface area contributed by atoms with Gasteiger partial charge in [-0.1, -0.05) is 18.2 Å². The van der Waals surface area contributed by atoms with Crippen molar-refractivity contribution in [2.24, 2.45) is 5.41 Å². The van der Waals surface area contributed by atoms with Gasteiger partial charge >= 0.3 is 0 Å². The van der Waals surface area contributed by atoms with Crippen molar-refractivity contribution in [1.29, 1.82) is 0 Å². The first-order chi connectivity index (χ1) is 18.8. The number of carbonyl (C=O) groups excluding carboxylic acids is 1. The fourth-order valence-corrected chi connectivity index (χ4v) is 5.89. The number of rotatable bonds is 8. The van der Waals surface area contributed by atoms with Crippen LogP contribution in [0.15, 0.2) is 61.1 Å². The van der Waals surface area contributed by atoms with E-state index in [0.717, 1.165) is 59.1 Å². The average Bonchev–Trinajstić information content (AvgIpc) is 3.58. The second-order valence-corrected chi connectivity index (χ2v) is 11.3. The van der Waals surface area contributed by atoms with E-state index in [1.165, 1.54) is 0 Å². The first-order valence-electron chi connectivity index (χ1n) is 13.2. The van der Waals surface area contributed by atoms with Gasteiger partial charge in [-0.15, -0.1) is 0 Å². The van der Waals surface area contributed by atoms with Gasteiger partial charge in [0.15, 0.2) is 0 Å². The van der Waals surface area contributed by atoms with Crippen LogP contribution in [0.3, 0.4) is 0 Å². The third-order valence-electron chi connectivity index (χ3n) is 7.72. The molecule has 6 rings (SSSR count). The van der Waals surface area contributed by atoms with Crippen LogP contribution < -0.4 is 10.1 Å². The lowest BCUT2D eigenvalue weighted by molar-refractivity contribution is -0.141. The molecule has 9 heteroatoms. The first-order valence-corrected chi connectivity index (χ1v) is 13.2. The molecule has 2 aromatic carbocycles. The highest BCUT2D eigenvalue weighted by Gasteiger charge is 2.55. The molecule has 4 aromatic rings. The summed E-state index contributed by atoms with van der Waals surface area (Å²) in [6.45, 7) is 6.09. The molecule has 0 radical (unpaired) electrons. The molecule has 0 aliphatic carbocycles. The number of fused-ring (bicyclic) bond motifs is 1. The molecule has 1 spiro atoms. The summed E-state index contributed by atoms with van der Waals surface area (Å²) in [7, 11) is 1.65. The van der Waals surface area contributed by atoms with Crippen LogP contribution in [0, 0.1) is 5.41 Å². The molecular weight excluding hydrogens is 494 g/mol. The Labute approximate surface area is 227 Å². The quantitative estimate of drug-likeness (QED) is 0.324. The number of ether oxygens (including phenoxy) is 2. The Bertz CT molecular complexity index is 1520. The lowest BCUT2D eigenvalue weighted by Gasteiger charge is -2.54. The Morgan fingerprint density at radius 2 is 2.05 bits per heavy atom. The molecule has 2 saturated heterocycles. The Morgan fingerprint density at radius 1 is 1.18 bits per heavy atom. The van der Waals surface area contributed by atoms with Crippen molar-refractivity contribution in [3.63, 3.8) is 0 Å². The highest BCUT2D eigenvalue weighted by molar-refractivity contribution is 5.89. The van der Waals surface area contributed by atoms with Crippen LogP contribution in [-0.2, 0) is 16.1 Å². The van der Waals surface area contributed by atoms with Crippen molar-refractivity contribution in [1.82, 2.24) is 19.7 Å². The molecule has 2 aliphatic rings. The largest absolute Gasteiger partial charge is 0.495 e. The summed E-state index contributed by atoms with van der Waals surface area (Å²) in [5.41, 5.74) is 3.01. The molecule has 39 heavy (non-hydrogen) atoms. The average molecular weight is 528 g/mol. The van der Waals surface area contributed by atoms with Crippen LogP contribution in [0.5, 0.6) is 5.75 Å². The third-order valence-corrected chi connectivity index (χ3v) is 7.72. The van der Waals surface area contributed by atoms with E-state index in [1.807, 2.05) is 47.8 Å². The SMILES string of the molecule is COc1cc(C2N(C=O)CC23CCOC3)ccc1Nc1cc2cc(-c3cnn(CC(C)(C)O)c3)ccc2cn1. The highest BCUT2D eigenvalue weighted by atomic mass is 16.5. The number of likely N-dealkylation sites (tertiary alicyclic amines) is 1. The molecule has 2 N–H and O–H groups in total. The van der Waals surface area contributed by atoms with Crippen molar-refractivity contribution < 1.29 is 19.4 Å². The molecule has 9 nitrogen and oxygen atoms in total. The second-order valence-electron chi connectivity index (χ2n) is 11.3. The van der Waals surface area contributed by atoms with Gasteiger partial charge in [-0.3, -0.25) is 9.48 Å². The highest BCUT2D eigenvalue weighted by Crippen LogP contribution is 2.53. The number of nitrogens with one attached hydrogen (secondary N) is 1. The maximum Gasteiger partial charge on any atom is 0.210 e. The van der Waals surface area contributed by atoms with Crippen molar-refractivity contribution in [2.75, 3.05) is 32.2 Å². The Kier molecular flexibility index (Phi) is 6.28. The summed E-state index contributed by atoms with van der Waals surface area (Å²) in [6, 6.07) is 14.3. The molecule has 0 bridgehead atoms. The van der Waals surface area contributed by atoms with Gasteiger partial charge in [0.25, 0.3) is 0 Å². The number of amides is 1. The molecule has 4 heterocycles. The third kappa shape index (κ3) is 4.84. The van der Waals surface area contributed by atoms with E-state index < -0.39 is 5.60 Å². The van der Waals surface area contributed by atoms with Crippen molar-refractivity contribution in [2.45, 2.75) is 38.5 Å². The molecular formula is C30H33N5O4. The lowest BCUT2D eigenvalue weighted by atomic mass is 9.68. The zero-order valence-electron chi connectivity index (χ0n) is 22.4. The standard InChI is InChI=1S/C30H33N5O4/c1-29(2,37)16-35-15-24(14-32-35)20-4-5-22-13-31-27(12-23(22)10-20)33-25-7-6-21(11-26(25)38-3)28-30(8-9-39-18-30)17-34(28)19-36/h4-7,10-15,19,28,37H,8-9,16-18H2,1-3H3,(H,31,33). The minimum atomic E-state index is -0.837. The predicted octanol–water partition coefficient (Wildman–Crippen LogP) is 4.54. The van der Waals surface area contributed by atoms with E-state index >= 15 is 0 Å². The predicted molar refractivity (Wildman–Crippen MR) is 149 cm³/mol. The first kappa shape index (κ1) is 25.3. The molecule has 2 unspecified atom stereocenters. The van der Waals surface area contributed by atoms with Gasteiger partial charge in [0, 0.05) is 41.9 Å². The van der Waals surface area contributed by atoms with E-state index in [2.05, 4.69) is 33.6 Å². The van der Waals surface area contributed by atoms with Crippen LogP contribution in [0.4, 0.5) is 11.5 Å². The summed E-state index contributed by atoms with van der Waals surface area (Å²) in [5, 5.41) is 20.0.